The minimum absolute atomic E-state index is 0.105. The van der Waals surface area contributed by atoms with Gasteiger partial charge in [0.05, 0.1) is 5.75 Å². The van der Waals surface area contributed by atoms with E-state index in [1.807, 2.05) is 19.9 Å². The lowest BCUT2D eigenvalue weighted by Gasteiger charge is -2.31. The van der Waals surface area contributed by atoms with Gasteiger partial charge in [-0.25, -0.2) is 0 Å². The predicted octanol–water partition coefficient (Wildman–Crippen LogP) is 5.87. The zero-order chi connectivity index (χ0) is 22.8. The molecule has 0 spiro atoms. The molecule has 0 bridgehead atoms. The highest BCUT2D eigenvalue weighted by atomic mass is 35.5. The summed E-state index contributed by atoms with van der Waals surface area (Å²) in [7, 11) is 0. The maximum atomic E-state index is 13.2. The van der Waals surface area contributed by atoms with Crippen LogP contribution in [-0.2, 0) is 21.9 Å². The van der Waals surface area contributed by atoms with Gasteiger partial charge >= 0.3 is 0 Å². The molecule has 2 aromatic carbocycles. The first-order valence-corrected chi connectivity index (χ1v) is 12.4. The van der Waals surface area contributed by atoms with Gasteiger partial charge in [0, 0.05) is 34.5 Å². The fourth-order valence-corrected chi connectivity index (χ4v) is 4.66. The quantitative estimate of drug-likeness (QED) is 0.437. The SMILES string of the molecule is CCCNC(=O)[C@H](CC)N(Cc1c(Cl)cccc1Cl)C(=O)CSCc1cccc(C)c1. The van der Waals surface area contributed by atoms with Gasteiger partial charge < -0.3 is 10.2 Å². The molecule has 168 valence electrons. The lowest BCUT2D eigenvalue weighted by atomic mass is 10.1. The third-order valence-corrected chi connectivity index (χ3v) is 6.60. The highest BCUT2D eigenvalue weighted by Crippen LogP contribution is 2.27. The maximum Gasteiger partial charge on any atom is 0.242 e. The third-order valence-electron chi connectivity index (χ3n) is 4.90. The Balaban J connectivity index is 2.18. The second kappa shape index (κ2) is 13.0. The van der Waals surface area contributed by atoms with Gasteiger partial charge in [-0.15, -0.1) is 11.8 Å². The summed E-state index contributed by atoms with van der Waals surface area (Å²) < 4.78 is 0. The van der Waals surface area contributed by atoms with Crippen molar-refractivity contribution in [3.63, 3.8) is 0 Å². The van der Waals surface area contributed by atoms with Crippen LogP contribution in [0.3, 0.4) is 0 Å². The van der Waals surface area contributed by atoms with Crippen molar-refractivity contribution < 1.29 is 9.59 Å². The molecule has 1 N–H and O–H groups in total. The van der Waals surface area contributed by atoms with Crippen LogP contribution in [0.1, 0.15) is 43.4 Å². The van der Waals surface area contributed by atoms with E-state index in [0.29, 0.717) is 28.6 Å². The molecular formula is C24H30Cl2N2O2S. The van der Waals surface area contributed by atoms with Gasteiger partial charge in [-0.1, -0.05) is 72.9 Å². The van der Waals surface area contributed by atoms with Crippen molar-refractivity contribution >= 4 is 46.8 Å². The van der Waals surface area contributed by atoms with Crippen molar-refractivity contribution in [3.05, 3.63) is 69.2 Å². The minimum atomic E-state index is -0.578. The van der Waals surface area contributed by atoms with E-state index in [1.165, 1.54) is 22.9 Å². The molecule has 2 amide bonds. The second-order valence-corrected chi connectivity index (χ2v) is 9.22. The van der Waals surface area contributed by atoms with E-state index in [9.17, 15) is 9.59 Å². The number of thioether (sulfide) groups is 1. The molecule has 1 atom stereocenters. The van der Waals surface area contributed by atoms with E-state index in [4.69, 9.17) is 23.2 Å². The van der Waals surface area contributed by atoms with Crippen LogP contribution in [0.5, 0.6) is 0 Å². The molecule has 0 heterocycles. The molecule has 0 aliphatic rings. The Bertz CT molecular complexity index is 871. The number of hydrogen-bond acceptors (Lipinski definition) is 3. The summed E-state index contributed by atoms with van der Waals surface area (Å²) in [5.74, 6) is 0.747. The smallest absolute Gasteiger partial charge is 0.242 e. The lowest BCUT2D eigenvalue weighted by molar-refractivity contribution is -0.139. The van der Waals surface area contributed by atoms with Crippen LogP contribution in [0.25, 0.3) is 0 Å². The number of benzene rings is 2. The highest BCUT2D eigenvalue weighted by Gasteiger charge is 2.29. The van der Waals surface area contributed by atoms with Crippen LogP contribution in [0.4, 0.5) is 0 Å². The van der Waals surface area contributed by atoms with E-state index < -0.39 is 6.04 Å². The Hall–Kier alpha value is -1.69. The first-order valence-electron chi connectivity index (χ1n) is 10.5. The van der Waals surface area contributed by atoms with Crippen LogP contribution < -0.4 is 5.32 Å². The van der Waals surface area contributed by atoms with Gasteiger partial charge in [0.1, 0.15) is 6.04 Å². The molecule has 2 aromatic rings. The molecular weight excluding hydrogens is 451 g/mol. The average Bonchev–Trinajstić information content (AvgIpc) is 2.74. The molecule has 0 unspecified atom stereocenters. The van der Waals surface area contributed by atoms with E-state index in [1.54, 1.807) is 23.1 Å². The Morgan fingerprint density at radius 1 is 1.10 bits per heavy atom. The van der Waals surface area contributed by atoms with Crippen LogP contribution in [0, 0.1) is 6.92 Å². The van der Waals surface area contributed by atoms with E-state index in [0.717, 1.165) is 12.2 Å². The normalized spacial score (nSPS) is 11.8. The summed E-state index contributed by atoms with van der Waals surface area (Å²) in [5.41, 5.74) is 3.02. The molecule has 0 saturated heterocycles. The standard InChI is InChI=1S/C24H30Cl2N2O2S/c1-4-12-27-24(30)22(5-2)28(14-19-20(25)10-7-11-21(19)26)23(29)16-31-15-18-9-6-8-17(3)13-18/h6-11,13,22H,4-5,12,14-16H2,1-3H3,(H,27,30)/t22-/m0/s1. The predicted molar refractivity (Wildman–Crippen MR) is 132 cm³/mol. The maximum absolute atomic E-state index is 13.2. The molecule has 0 saturated carbocycles. The third kappa shape index (κ3) is 7.74. The van der Waals surface area contributed by atoms with Gasteiger partial charge in [0.15, 0.2) is 0 Å². The van der Waals surface area contributed by atoms with Crippen LogP contribution in [0.15, 0.2) is 42.5 Å². The van der Waals surface area contributed by atoms with E-state index in [2.05, 4.69) is 30.4 Å². The summed E-state index contributed by atoms with van der Waals surface area (Å²) in [6.45, 7) is 6.72. The van der Waals surface area contributed by atoms with Gasteiger partial charge in [0.2, 0.25) is 11.8 Å². The molecule has 0 radical (unpaired) electrons. The Kier molecular flexibility index (Phi) is 10.7. The highest BCUT2D eigenvalue weighted by molar-refractivity contribution is 7.99. The summed E-state index contributed by atoms with van der Waals surface area (Å²) in [4.78, 5) is 27.7. The van der Waals surface area contributed by atoms with Crippen molar-refractivity contribution in [1.29, 1.82) is 0 Å². The summed E-state index contributed by atoms with van der Waals surface area (Å²) >= 11 is 14.3. The fourth-order valence-electron chi connectivity index (χ4n) is 3.28. The number of halogens is 2. The Morgan fingerprint density at radius 2 is 1.77 bits per heavy atom. The number of hydrogen-bond donors (Lipinski definition) is 1. The van der Waals surface area contributed by atoms with Crippen LogP contribution in [0.2, 0.25) is 10.0 Å². The molecule has 4 nitrogen and oxygen atoms in total. The first kappa shape index (κ1) is 25.6. The average molecular weight is 481 g/mol. The van der Waals surface area contributed by atoms with Crippen molar-refractivity contribution in [1.82, 2.24) is 10.2 Å². The van der Waals surface area contributed by atoms with Gasteiger partial charge in [-0.3, -0.25) is 9.59 Å². The molecule has 0 aliphatic heterocycles. The van der Waals surface area contributed by atoms with Crippen LogP contribution >= 0.6 is 35.0 Å². The summed E-state index contributed by atoms with van der Waals surface area (Å²) in [6.07, 6.45) is 1.34. The van der Waals surface area contributed by atoms with Gasteiger partial charge in [-0.05, 0) is 37.5 Å². The van der Waals surface area contributed by atoms with E-state index >= 15 is 0 Å². The summed E-state index contributed by atoms with van der Waals surface area (Å²) in [6, 6.07) is 12.9. The van der Waals surface area contributed by atoms with E-state index in [-0.39, 0.29) is 24.1 Å². The Labute approximate surface area is 199 Å². The molecule has 0 aliphatic carbocycles. The first-order chi connectivity index (χ1) is 14.9. The minimum Gasteiger partial charge on any atom is -0.354 e. The number of rotatable bonds is 11. The fraction of sp³-hybridized carbons (Fsp3) is 0.417. The summed E-state index contributed by atoms with van der Waals surface area (Å²) in [5, 5.41) is 3.89. The second-order valence-electron chi connectivity index (χ2n) is 7.42. The zero-order valence-electron chi connectivity index (χ0n) is 18.3. The number of nitrogens with zero attached hydrogens (tertiary/aromatic N) is 1. The zero-order valence-corrected chi connectivity index (χ0v) is 20.6. The number of carbonyl (C=O) groups is 2. The largest absolute Gasteiger partial charge is 0.354 e. The number of aryl methyl sites for hydroxylation is 1. The molecule has 31 heavy (non-hydrogen) atoms. The van der Waals surface area contributed by atoms with Gasteiger partial charge in [0.25, 0.3) is 0 Å². The van der Waals surface area contributed by atoms with Crippen molar-refractivity contribution in [2.75, 3.05) is 12.3 Å². The number of nitrogens with one attached hydrogen (secondary N) is 1. The van der Waals surface area contributed by atoms with Crippen LogP contribution in [-0.4, -0.2) is 35.1 Å². The Morgan fingerprint density at radius 3 is 2.39 bits per heavy atom. The van der Waals surface area contributed by atoms with Crippen molar-refractivity contribution in [2.45, 2.75) is 52.0 Å². The molecule has 2 rings (SSSR count). The van der Waals surface area contributed by atoms with Crippen molar-refractivity contribution in [2.24, 2.45) is 0 Å². The number of amides is 2. The lowest BCUT2D eigenvalue weighted by Crippen LogP contribution is -2.49. The molecule has 0 aromatic heterocycles. The van der Waals surface area contributed by atoms with Crippen molar-refractivity contribution in [3.8, 4) is 0 Å². The number of carbonyl (C=O) groups excluding carboxylic acids is 2. The molecule has 7 heteroatoms. The molecule has 0 fully saturated rings. The topological polar surface area (TPSA) is 49.4 Å². The monoisotopic (exact) mass is 480 g/mol. The van der Waals surface area contributed by atoms with Gasteiger partial charge in [-0.2, -0.15) is 0 Å².